The molecule has 0 bridgehead atoms. The second kappa shape index (κ2) is 11.6. The molecule has 40 heavy (non-hydrogen) atoms. The van der Waals surface area contributed by atoms with Crippen molar-refractivity contribution in [3.05, 3.63) is 76.6 Å². The number of aryl methyl sites for hydroxylation is 1. The van der Waals surface area contributed by atoms with Crippen molar-refractivity contribution >= 4 is 46.1 Å². The van der Waals surface area contributed by atoms with Gasteiger partial charge in [0.25, 0.3) is 0 Å². The minimum Gasteiger partial charge on any atom is -0.542 e. The number of carbonyl (C=O) groups excluding carboxylic acids is 1. The number of hydrogen-bond acceptors (Lipinski definition) is 7. The number of aromatic carboxylic acids is 1. The van der Waals surface area contributed by atoms with Crippen molar-refractivity contribution in [2.24, 2.45) is 0 Å². The number of carboxylic acids is 2. The van der Waals surface area contributed by atoms with Gasteiger partial charge in [0.05, 0.1) is 10.6 Å². The van der Waals surface area contributed by atoms with Gasteiger partial charge in [-0.2, -0.15) is 13.2 Å². The summed E-state index contributed by atoms with van der Waals surface area (Å²) in [6, 6.07) is 11.0. The number of H-pyrrole nitrogens is 2. The van der Waals surface area contributed by atoms with Gasteiger partial charge in [0.15, 0.2) is 11.0 Å². The highest BCUT2D eigenvalue weighted by Crippen LogP contribution is 2.32. The fraction of sp³-hybridized carbons (Fsp3) is 0.192. The number of nitrogens with zero attached hydrogens (tertiary/aromatic N) is 3. The average molecular weight is 576 g/mol. The highest BCUT2D eigenvalue weighted by Gasteiger charge is 2.29. The average Bonchev–Trinajstić information content (AvgIpc) is 3.30. The number of benzene rings is 2. The van der Waals surface area contributed by atoms with Crippen molar-refractivity contribution in [1.29, 1.82) is 0 Å². The van der Waals surface area contributed by atoms with Crippen molar-refractivity contribution < 1.29 is 42.7 Å². The van der Waals surface area contributed by atoms with E-state index in [0.717, 1.165) is 41.1 Å². The topological polar surface area (TPSA) is 146 Å². The van der Waals surface area contributed by atoms with Crippen LogP contribution in [0.2, 0.25) is 5.02 Å². The lowest BCUT2D eigenvalue weighted by molar-refractivity contribution is -0.359. The molecule has 3 N–H and O–H groups in total. The Hall–Kier alpha value is -4.65. The lowest BCUT2D eigenvalue weighted by Crippen LogP contribution is -2.37. The molecule has 2 aromatic heterocycles. The number of rotatable bonds is 5. The number of hydrogen-bond donors (Lipinski definition) is 2. The molecular formula is C26H21ClF3N5O5. The number of nitrogens with one attached hydrogen (secondary N) is 2. The van der Waals surface area contributed by atoms with E-state index in [1.807, 2.05) is 12.1 Å². The summed E-state index contributed by atoms with van der Waals surface area (Å²) in [5, 5.41) is 18.8. The molecule has 0 radical (unpaired) electrons. The van der Waals surface area contributed by atoms with Crippen LogP contribution in [0.15, 0.2) is 54.9 Å². The minimum atomic E-state index is -5.19. The summed E-state index contributed by atoms with van der Waals surface area (Å²) < 4.78 is 37.4. The molecule has 0 saturated carbocycles. The van der Waals surface area contributed by atoms with Gasteiger partial charge < -0.3 is 24.6 Å². The van der Waals surface area contributed by atoms with Crippen molar-refractivity contribution in [2.45, 2.75) is 19.5 Å². The zero-order valence-corrected chi connectivity index (χ0v) is 21.5. The monoisotopic (exact) mass is 575 g/mol. The smallest absolute Gasteiger partial charge is 0.458 e. The Labute approximate surface area is 229 Å². The first-order chi connectivity index (χ1) is 18.9. The Morgan fingerprint density at radius 1 is 1.20 bits per heavy atom. The van der Waals surface area contributed by atoms with Gasteiger partial charge in [-0.25, -0.2) is 24.7 Å². The van der Waals surface area contributed by atoms with Gasteiger partial charge in [0.1, 0.15) is 11.7 Å². The second-order valence-electron chi connectivity index (χ2n) is 8.60. The maximum atomic E-state index is 11.4. The molecule has 0 saturated heterocycles. The van der Waals surface area contributed by atoms with E-state index in [-0.39, 0.29) is 5.56 Å². The molecule has 0 amide bonds. The molecule has 14 heteroatoms. The highest BCUT2D eigenvalue weighted by atomic mass is 35.5. The molecule has 5 rings (SSSR count). The van der Waals surface area contributed by atoms with Crippen LogP contribution in [0.1, 0.15) is 27.9 Å². The SMILES string of the molecule is Cc1ccc(Oc2[nH]c3cc(Cl)c(C4=CCN(c5ncccn5)CC4)cc3[nH+]2)cc1C(=O)O.O=C([O-])C(F)(F)F. The van der Waals surface area contributed by atoms with Gasteiger partial charge in [-0.1, -0.05) is 23.7 Å². The van der Waals surface area contributed by atoms with Crippen LogP contribution in [-0.2, 0) is 4.79 Å². The number of carbonyl (C=O) groups is 2. The van der Waals surface area contributed by atoms with Crippen molar-refractivity contribution in [3.63, 3.8) is 0 Å². The number of alkyl halides is 3. The Balaban J connectivity index is 0.000000470. The van der Waals surface area contributed by atoms with E-state index in [9.17, 15) is 23.1 Å². The Morgan fingerprint density at radius 3 is 2.50 bits per heavy atom. The number of imidazole rings is 1. The van der Waals surface area contributed by atoms with Gasteiger partial charge in [0.2, 0.25) is 5.95 Å². The Morgan fingerprint density at radius 2 is 1.90 bits per heavy atom. The molecule has 0 unspecified atom stereocenters. The van der Waals surface area contributed by atoms with E-state index in [4.69, 9.17) is 26.2 Å². The van der Waals surface area contributed by atoms with E-state index in [1.165, 1.54) is 6.07 Å². The standard InChI is InChI=1S/C24H20ClN5O3.C2HF3O2/c1-14-3-4-16(11-17(14)22(31)32)33-24-28-20-12-18(19(25)13-21(20)29-24)15-5-9-30(10-6-15)23-26-7-2-8-27-23;3-2(4,5)1(6)7/h2-5,7-8,11-13H,6,9-10H2,1H3,(H,28,29)(H,31,32);(H,6,7). The fourth-order valence-electron chi connectivity index (χ4n) is 3.92. The quantitative estimate of drug-likeness (QED) is 0.365. The molecule has 0 aliphatic carbocycles. The number of aromatic amines is 2. The van der Waals surface area contributed by atoms with E-state index in [1.54, 1.807) is 37.5 Å². The second-order valence-corrected chi connectivity index (χ2v) is 9.01. The molecule has 1 aliphatic rings. The molecule has 2 aromatic carbocycles. The number of halogens is 4. The normalized spacial score (nSPS) is 13.3. The first-order valence-electron chi connectivity index (χ1n) is 11.7. The van der Waals surface area contributed by atoms with Crippen LogP contribution in [-0.4, -0.2) is 51.3 Å². The van der Waals surface area contributed by atoms with Crippen LogP contribution >= 0.6 is 11.6 Å². The maximum Gasteiger partial charge on any atom is 0.458 e. The first-order valence-corrected chi connectivity index (χ1v) is 12.1. The largest absolute Gasteiger partial charge is 0.542 e. The molecule has 0 spiro atoms. The lowest BCUT2D eigenvalue weighted by atomic mass is 9.99. The minimum absolute atomic E-state index is 0.202. The molecule has 1 aliphatic heterocycles. The summed E-state index contributed by atoms with van der Waals surface area (Å²) in [6.45, 7) is 3.25. The number of fused-ring (bicyclic) bond motifs is 1. The third-order valence-corrected chi connectivity index (χ3v) is 6.20. The molecule has 0 fully saturated rings. The zero-order valence-electron chi connectivity index (χ0n) is 20.8. The van der Waals surface area contributed by atoms with Crippen LogP contribution < -0.4 is 19.7 Å². The summed E-state index contributed by atoms with van der Waals surface area (Å²) in [5.74, 6) is -2.86. The maximum absolute atomic E-state index is 11.4. The summed E-state index contributed by atoms with van der Waals surface area (Å²) in [7, 11) is 0. The zero-order chi connectivity index (χ0) is 29.0. The predicted octanol–water partition coefficient (Wildman–Crippen LogP) is 3.82. The molecule has 208 valence electrons. The molecular weight excluding hydrogens is 555 g/mol. The summed E-state index contributed by atoms with van der Waals surface area (Å²) in [6.07, 6.45) is 1.26. The summed E-state index contributed by atoms with van der Waals surface area (Å²) in [4.78, 5) is 37.3. The molecule has 0 atom stereocenters. The van der Waals surface area contributed by atoms with E-state index in [0.29, 0.717) is 28.9 Å². The molecule has 10 nitrogen and oxygen atoms in total. The number of carboxylic acid groups (broad SMARTS) is 2. The third kappa shape index (κ3) is 6.67. The summed E-state index contributed by atoms with van der Waals surface area (Å²) >= 11 is 6.61. The van der Waals surface area contributed by atoms with Gasteiger partial charge in [0, 0.05) is 37.1 Å². The number of aromatic nitrogens is 4. The fourth-order valence-corrected chi connectivity index (χ4v) is 4.20. The van der Waals surface area contributed by atoms with Crippen LogP contribution in [0.4, 0.5) is 19.1 Å². The number of ether oxygens (including phenoxy) is 1. The lowest BCUT2D eigenvalue weighted by Gasteiger charge is -2.26. The van der Waals surface area contributed by atoms with E-state index in [2.05, 4.69) is 30.9 Å². The predicted molar refractivity (Wildman–Crippen MR) is 136 cm³/mol. The molecule has 4 aromatic rings. The van der Waals surface area contributed by atoms with E-state index < -0.39 is 18.1 Å². The highest BCUT2D eigenvalue weighted by molar-refractivity contribution is 6.33. The van der Waals surface area contributed by atoms with Crippen molar-refractivity contribution in [2.75, 3.05) is 18.0 Å². The van der Waals surface area contributed by atoms with Crippen molar-refractivity contribution in [1.82, 2.24) is 15.0 Å². The Kier molecular flexibility index (Phi) is 8.24. The Bertz CT molecular complexity index is 1590. The summed E-state index contributed by atoms with van der Waals surface area (Å²) in [5.41, 5.74) is 4.63. The van der Waals surface area contributed by atoms with Gasteiger partial charge >= 0.3 is 18.2 Å². The van der Waals surface area contributed by atoms with Crippen LogP contribution in [0.5, 0.6) is 11.8 Å². The van der Waals surface area contributed by atoms with Crippen LogP contribution in [0, 0.1) is 6.92 Å². The number of anilines is 1. The van der Waals surface area contributed by atoms with Crippen molar-refractivity contribution in [3.8, 4) is 11.8 Å². The number of aliphatic carboxylic acids is 1. The molecule has 3 heterocycles. The van der Waals surface area contributed by atoms with Gasteiger partial charge in [-0.05, 0) is 48.7 Å². The van der Waals surface area contributed by atoms with Crippen LogP contribution in [0.3, 0.4) is 0 Å². The van der Waals surface area contributed by atoms with Crippen LogP contribution in [0.25, 0.3) is 16.6 Å². The van der Waals surface area contributed by atoms with Gasteiger partial charge in [-0.15, -0.1) is 0 Å². The van der Waals surface area contributed by atoms with E-state index >= 15 is 0 Å². The first kappa shape index (κ1) is 28.4. The van der Waals surface area contributed by atoms with Gasteiger partial charge in [-0.3, -0.25) is 0 Å². The third-order valence-electron chi connectivity index (χ3n) is 5.88.